The predicted octanol–water partition coefficient (Wildman–Crippen LogP) is 3.11. The average Bonchev–Trinajstić information content (AvgIpc) is 2.83. The number of hydrogen-bond acceptors (Lipinski definition) is 5. The van der Waals surface area contributed by atoms with Gasteiger partial charge in [-0.3, -0.25) is 0 Å². The highest BCUT2D eigenvalue weighted by molar-refractivity contribution is 5.47. The summed E-state index contributed by atoms with van der Waals surface area (Å²) in [6.07, 6.45) is -4.62. The second kappa shape index (κ2) is 10.7. The van der Waals surface area contributed by atoms with E-state index in [1.807, 2.05) is 91.0 Å². The van der Waals surface area contributed by atoms with Crippen LogP contribution in [0, 0.1) is 0 Å². The van der Waals surface area contributed by atoms with Crippen molar-refractivity contribution in [2.24, 2.45) is 0 Å². The summed E-state index contributed by atoms with van der Waals surface area (Å²) in [4.78, 5) is 0. The van der Waals surface area contributed by atoms with Gasteiger partial charge in [0, 0.05) is 7.11 Å². The summed E-state index contributed by atoms with van der Waals surface area (Å²) < 4.78 is 12.1. The molecule has 0 heterocycles. The minimum atomic E-state index is -1.35. The number of aliphatic hydroxyl groups is 3. The van der Waals surface area contributed by atoms with E-state index in [1.165, 1.54) is 14.0 Å². The van der Waals surface area contributed by atoms with E-state index in [0.29, 0.717) is 0 Å². The molecule has 0 radical (unpaired) electrons. The quantitative estimate of drug-likeness (QED) is 0.438. The Morgan fingerprint density at radius 3 is 1.39 bits per heavy atom. The van der Waals surface area contributed by atoms with Gasteiger partial charge >= 0.3 is 0 Å². The fraction of sp³-hybridized carbons (Fsp3) is 0.308. The zero-order valence-electron chi connectivity index (χ0n) is 17.8. The summed E-state index contributed by atoms with van der Waals surface area (Å²) in [5.41, 5.74) is 1.81. The SMILES string of the molecule is COC(COC(c1ccccc1)(c1ccccc1)c1ccccc1)C(O)C(O)C(C)O. The molecular formula is C26H30O5. The molecule has 3 N–H and O–H groups in total. The van der Waals surface area contributed by atoms with Crippen molar-refractivity contribution in [1.82, 2.24) is 0 Å². The van der Waals surface area contributed by atoms with Gasteiger partial charge in [-0.15, -0.1) is 0 Å². The van der Waals surface area contributed by atoms with Crippen LogP contribution in [0.2, 0.25) is 0 Å². The lowest BCUT2D eigenvalue weighted by molar-refractivity contribution is -0.142. The third-order valence-electron chi connectivity index (χ3n) is 5.53. The highest BCUT2D eigenvalue weighted by Crippen LogP contribution is 2.40. The molecule has 5 nitrogen and oxygen atoms in total. The Morgan fingerprint density at radius 2 is 1.06 bits per heavy atom. The van der Waals surface area contributed by atoms with E-state index in [-0.39, 0.29) is 6.61 Å². The highest BCUT2D eigenvalue weighted by atomic mass is 16.5. The van der Waals surface area contributed by atoms with Gasteiger partial charge in [-0.25, -0.2) is 0 Å². The lowest BCUT2D eigenvalue weighted by Gasteiger charge is -2.38. The molecule has 5 heteroatoms. The van der Waals surface area contributed by atoms with Gasteiger partial charge in [0.1, 0.15) is 23.9 Å². The first-order valence-electron chi connectivity index (χ1n) is 10.4. The molecule has 0 aliphatic rings. The summed E-state index contributed by atoms with van der Waals surface area (Å²) in [7, 11) is 1.45. The highest BCUT2D eigenvalue weighted by Gasteiger charge is 2.39. The van der Waals surface area contributed by atoms with Crippen LogP contribution in [-0.4, -0.2) is 53.5 Å². The van der Waals surface area contributed by atoms with Gasteiger partial charge in [0.25, 0.3) is 0 Å². The smallest absolute Gasteiger partial charge is 0.143 e. The molecule has 4 atom stereocenters. The van der Waals surface area contributed by atoms with Gasteiger partial charge in [-0.05, 0) is 23.6 Å². The molecule has 0 fully saturated rings. The second-order valence-electron chi connectivity index (χ2n) is 7.59. The Labute approximate surface area is 183 Å². The molecule has 0 aromatic heterocycles. The Hall–Kier alpha value is -2.54. The number of methoxy groups -OCH3 is 1. The summed E-state index contributed by atoms with van der Waals surface area (Å²) in [6, 6.07) is 29.6. The van der Waals surface area contributed by atoms with E-state index in [4.69, 9.17) is 9.47 Å². The lowest BCUT2D eigenvalue weighted by Crippen LogP contribution is -2.47. The minimum Gasteiger partial charge on any atom is -0.391 e. The first-order valence-corrected chi connectivity index (χ1v) is 10.4. The Morgan fingerprint density at radius 1 is 0.677 bits per heavy atom. The first kappa shape index (κ1) is 23.1. The monoisotopic (exact) mass is 422 g/mol. The van der Waals surface area contributed by atoms with Crippen molar-refractivity contribution in [2.45, 2.75) is 36.9 Å². The van der Waals surface area contributed by atoms with Crippen LogP contribution in [0.3, 0.4) is 0 Å². The van der Waals surface area contributed by atoms with Crippen molar-refractivity contribution in [3.8, 4) is 0 Å². The predicted molar refractivity (Wildman–Crippen MR) is 120 cm³/mol. The summed E-state index contributed by atoms with van der Waals surface area (Å²) in [5.74, 6) is 0. The van der Waals surface area contributed by atoms with E-state index in [2.05, 4.69) is 0 Å². The zero-order valence-corrected chi connectivity index (χ0v) is 17.8. The van der Waals surface area contributed by atoms with Crippen molar-refractivity contribution in [3.05, 3.63) is 108 Å². The summed E-state index contributed by atoms with van der Waals surface area (Å²) >= 11 is 0. The van der Waals surface area contributed by atoms with Gasteiger partial charge in [-0.2, -0.15) is 0 Å². The number of ether oxygens (including phenoxy) is 2. The maximum Gasteiger partial charge on any atom is 0.143 e. The minimum absolute atomic E-state index is 0.0138. The lowest BCUT2D eigenvalue weighted by atomic mass is 9.80. The molecule has 3 rings (SSSR count). The van der Waals surface area contributed by atoms with Crippen molar-refractivity contribution in [3.63, 3.8) is 0 Å². The molecule has 31 heavy (non-hydrogen) atoms. The van der Waals surface area contributed by atoms with Gasteiger partial charge in [0.15, 0.2) is 0 Å². The van der Waals surface area contributed by atoms with E-state index >= 15 is 0 Å². The molecule has 0 bridgehead atoms. The number of rotatable bonds is 10. The van der Waals surface area contributed by atoms with E-state index < -0.39 is 30.0 Å². The van der Waals surface area contributed by atoms with Crippen LogP contribution in [0.5, 0.6) is 0 Å². The number of hydrogen-bond donors (Lipinski definition) is 3. The van der Waals surface area contributed by atoms with Crippen LogP contribution in [0.25, 0.3) is 0 Å². The Kier molecular flexibility index (Phi) is 7.96. The standard InChI is InChI=1S/C26H30O5/c1-19(27)24(28)25(29)23(30-2)18-31-26(20-12-6-3-7-13-20,21-14-8-4-9-15-21)22-16-10-5-11-17-22/h3-17,19,23-25,27-29H,18H2,1-2H3. The third-order valence-corrected chi connectivity index (χ3v) is 5.53. The Balaban J connectivity index is 2.08. The third kappa shape index (κ3) is 5.03. The molecule has 3 aromatic rings. The molecule has 4 unspecified atom stereocenters. The molecule has 0 spiro atoms. The van der Waals surface area contributed by atoms with Crippen molar-refractivity contribution < 1.29 is 24.8 Å². The fourth-order valence-corrected chi connectivity index (χ4v) is 3.79. The van der Waals surface area contributed by atoms with Gasteiger partial charge in [-0.1, -0.05) is 91.0 Å². The molecule has 0 aliphatic carbocycles. The summed E-state index contributed by atoms with van der Waals surface area (Å²) in [5, 5.41) is 30.4. The molecule has 3 aromatic carbocycles. The molecule has 0 amide bonds. The van der Waals surface area contributed by atoms with Gasteiger partial charge < -0.3 is 24.8 Å². The van der Waals surface area contributed by atoms with Crippen LogP contribution in [0.4, 0.5) is 0 Å². The summed E-state index contributed by atoms with van der Waals surface area (Å²) in [6.45, 7) is 1.41. The molecule has 164 valence electrons. The number of benzene rings is 3. The molecule has 0 aliphatic heterocycles. The van der Waals surface area contributed by atoms with Crippen molar-refractivity contribution in [2.75, 3.05) is 13.7 Å². The van der Waals surface area contributed by atoms with Crippen LogP contribution in [-0.2, 0) is 15.1 Å². The Bertz CT molecular complexity index is 802. The van der Waals surface area contributed by atoms with Gasteiger partial charge in [0.05, 0.1) is 12.7 Å². The van der Waals surface area contributed by atoms with Crippen LogP contribution in [0.1, 0.15) is 23.6 Å². The maximum absolute atomic E-state index is 10.5. The van der Waals surface area contributed by atoms with E-state index in [1.54, 1.807) is 0 Å². The van der Waals surface area contributed by atoms with Crippen LogP contribution >= 0.6 is 0 Å². The normalized spacial score (nSPS) is 15.8. The first-order chi connectivity index (χ1) is 15.0. The van der Waals surface area contributed by atoms with E-state index in [9.17, 15) is 15.3 Å². The fourth-order valence-electron chi connectivity index (χ4n) is 3.79. The van der Waals surface area contributed by atoms with Gasteiger partial charge in [0.2, 0.25) is 0 Å². The molecule has 0 saturated carbocycles. The second-order valence-corrected chi connectivity index (χ2v) is 7.59. The van der Waals surface area contributed by atoms with Crippen LogP contribution in [0.15, 0.2) is 91.0 Å². The number of aliphatic hydroxyl groups excluding tert-OH is 3. The largest absolute Gasteiger partial charge is 0.391 e. The molecular weight excluding hydrogens is 392 g/mol. The van der Waals surface area contributed by atoms with E-state index in [0.717, 1.165) is 16.7 Å². The average molecular weight is 423 g/mol. The maximum atomic E-state index is 10.5. The van der Waals surface area contributed by atoms with Crippen molar-refractivity contribution >= 4 is 0 Å². The molecule has 0 saturated heterocycles. The van der Waals surface area contributed by atoms with Crippen LogP contribution < -0.4 is 0 Å². The topological polar surface area (TPSA) is 79.2 Å². The zero-order chi connectivity index (χ0) is 22.3. The van der Waals surface area contributed by atoms with Crippen molar-refractivity contribution in [1.29, 1.82) is 0 Å².